The first-order valence-electron chi connectivity index (χ1n) is 11.0. The fourth-order valence-corrected chi connectivity index (χ4v) is 3.77. The smallest absolute Gasteiger partial charge is 0.336 e. The average Bonchev–Trinajstić information content (AvgIpc) is 2.88. The number of halogens is 2. The van der Waals surface area contributed by atoms with E-state index in [1.54, 1.807) is 30.3 Å². The van der Waals surface area contributed by atoms with E-state index in [4.69, 9.17) is 13.9 Å². The molecule has 4 aromatic carbocycles. The molecule has 6 heteroatoms. The Morgan fingerprint density at radius 3 is 1.91 bits per heavy atom. The molecule has 0 radical (unpaired) electrons. The van der Waals surface area contributed by atoms with E-state index in [1.807, 2.05) is 36.4 Å². The second-order valence-electron chi connectivity index (χ2n) is 7.94. The zero-order valence-corrected chi connectivity index (χ0v) is 18.5. The van der Waals surface area contributed by atoms with Crippen molar-refractivity contribution in [2.75, 3.05) is 0 Å². The second kappa shape index (κ2) is 9.81. The van der Waals surface area contributed by atoms with Gasteiger partial charge in [0.05, 0.1) is 0 Å². The molecule has 5 rings (SSSR count). The minimum absolute atomic E-state index is 0.103. The van der Waals surface area contributed by atoms with Crippen LogP contribution in [0.3, 0.4) is 0 Å². The van der Waals surface area contributed by atoms with E-state index in [0.29, 0.717) is 16.7 Å². The van der Waals surface area contributed by atoms with Crippen LogP contribution in [0.2, 0.25) is 0 Å². The average molecular weight is 470 g/mol. The Bertz CT molecular complexity index is 1510. The van der Waals surface area contributed by atoms with E-state index in [0.717, 1.165) is 16.7 Å². The molecule has 0 amide bonds. The molecule has 0 unspecified atom stereocenters. The van der Waals surface area contributed by atoms with Gasteiger partial charge in [-0.1, -0.05) is 54.6 Å². The van der Waals surface area contributed by atoms with E-state index in [9.17, 15) is 13.6 Å². The molecule has 0 aliphatic carbocycles. The molecule has 0 bridgehead atoms. The van der Waals surface area contributed by atoms with Crippen molar-refractivity contribution < 1.29 is 22.7 Å². The molecule has 35 heavy (non-hydrogen) atoms. The Balaban J connectivity index is 1.57. The Morgan fingerprint density at radius 1 is 0.686 bits per heavy atom. The van der Waals surface area contributed by atoms with Gasteiger partial charge in [0.15, 0.2) is 11.3 Å². The molecule has 1 heterocycles. The normalized spacial score (nSPS) is 10.9. The van der Waals surface area contributed by atoms with Crippen LogP contribution < -0.4 is 15.1 Å². The topological polar surface area (TPSA) is 48.7 Å². The van der Waals surface area contributed by atoms with Crippen molar-refractivity contribution in [2.45, 2.75) is 13.2 Å². The molecular weight excluding hydrogens is 450 g/mol. The van der Waals surface area contributed by atoms with Crippen LogP contribution in [-0.2, 0) is 13.2 Å². The summed E-state index contributed by atoms with van der Waals surface area (Å²) in [5, 5.41) is 0.680. The quantitative estimate of drug-likeness (QED) is 0.243. The molecule has 0 aliphatic rings. The number of benzene rings is 4. The molecule has 4 nitrogen and oxygen atoms in total. The lowest BCUT2D eigenvalue weighted by Gasteiger charge is -2.16. The predicted octanol–water partition coefficient (Wildman–Crippen LogP) is 6.90. The van der Waals surface area contributed by atoms with Crippen LogP contribution in [0, 0.1) is 11.6 Å². The summed E-state index contributed by atoms with van der Waals surface area (Å²) in [5.41, 5.74) is 2.77. The van der Waals surface area contributed by atoms with Crippen LogP contribution in [0.15, 0.2) is 106 Å². The summed E-state index contributed by atoms with van der Waals surface area (Å²) >= 11 is 0. The molecule has 0 spiro atoms. The third-order valence-electron chi connectivity index (χ3n) is 5.52. The number of rotatable bonds is 7. The Kier molecular flexibility index (Phi) is 6.26. The number of fused-ring (bicyclic) bond motifs is 1. The molecule has 0 atom stereocenters. The van der Waals surface area contributed by atoms with E-state index in [1.165, 1.54) is 30.3 Å². The minimum Gasteiger partial charge on any atom is -0.485 e. The molecule has 174 valence electrons. The van der Waals surface area contributed by atoms with Gasteiger partial charge in [-0.15, -0.1) is 0 Å². The highest BCUT2D eigenvalue weighted by Crippen LogP contribution is 2.39. The third-order valence-corrected chi connectivity index (χ3v) is 5.52. The second-order valence-corrected chi connectivity index (χ2v) is 7.94. The molecule has 5 aromatic rings. The summed E-state index contributed by atoms with van der Waals surface area (Å²) in [5.74, 6) is -0.0696. The number of ether oxygens (including phenoxy) is 2. The lowest BCUT2D eigenvalue weighted by atomic mass is 10.0. The van der Waals surface area contributed by atoms with E-state index < -0.39 is 5.63 Å². The van der Waals surface area contributed by atoms with Gasteiger partial charge in [-0.3, -0.25) is 0 Å². The minimum atomic E-state index is -0.529. The third kappa shape index (κ3) is 5.06. The standard InChI is InChI=1S/C29H20F2O4/c30-22-10-6-19(7-11-22)17-33-26-15-14-24-25(21-4-2-1-3-5-21)16-27(32)35-28(24)29(26)34-18-20-8-12-23(31)13-9-20/h1-16H,17-18H2. The monoisotopic (exact) mass is 470 g/mol. The molecule has 0 saturated heterocycles. The van der Waals surface area contributed by atoms with E-state index in [2.05, 4.69) is 0 Å². The number of hydrogen-bond donors (Lipinski definition) is 0. The zero-order chi connectivity index (χ0) is 24.2. The van der Waals surface area contributed by atoms with Crippen LogP contribution in [0.5, 0.6) is 11.5 Å². The summed E-state index contributed by atoms with van der Waals surface area (Å²) in [6.07, 6.45) is 0. The maximum atomic E-state index is 13.3. The summed E-state index contributed by atoms with van der Waals surface area (Å²) in [6.45, 7) is 0.257. The molecular formula is C29H20F2O4. The van der Waals surface area contributed by atoms with Crippen molar-refractivity contribution >= 4 is 11.0 Å². The largest absolute Gasteiger partial charge is 0.485 e. The first kappa shape index (κ1) is 22.3. The fourth-order valence-electron chi connectivity index (χ4n) is 3.77. The van der Waals surface area contributed by atoms with Crippen molar-refractivity contribution in [1.82, 2.24) is 0 Å². The lowest BCUT2D eigenvalue weighted by Crippen LogP contribution is -2.04. The SMILES string of the molecule is O=c1cc(-c2ccccc2)c2ccc(OCc3ccc(F)cc3)c(OCc3ccc(F)cc3)c2o1. The summed E-state index contributed by atoms with van der Waals surface area (Å²) in [4.78, 5) is 12.5. The maximum Gasteiger partial charge on any atom is 0.336 e. The van der Waals surface area contributed by atoms with Gasteiger partial charge in [0.2, 0.25) is 5.75 Å². The highest BCUT2D eigenvalue weighted by atomic mass is 19.1. The summed E-state index contributed by atoms with van der Waals surface area (Å²) in [6, 6.07) is 26.4. The summed E-state index contributed by atoms with van der Waals surface area (Å²) in [7, 11) is 0. The van der Waals surface area contributed by atoms with Gasteiger partial charge < -0.3 is 13.9 Å². The van der Waals surface area contributed by atoms with Gasteiger partial charge in [0.1, 0.15) is 24.8 Å². The van der Waals surface area contributed by atoms with Crippen LogP contribution in [0.25, 0.3) is 22.1 Å². The van der Waals surface area contributed by atoms with E-state index in [-0.39, 0.29) is 36.2 Å². The van der Waals surface area contributed by atoms with Gasteiger partial charge in [-0.25, -0.2) is 13.6 Å². The Hall–Kier alpha value is -4.45. The van der Waals surface area contributed by atoms with Crippen LogP contribution in [-0.4, -0.2) is 0 Å². The molecule has 0 saturated carbocycles. The van der Waals surface area contributed by atoms with Gasteiger partial charge in [-0.05, 0) is 58.7 Å². The summed E-state index contributed by atoms with van der Waals surface area (Å²) < 4.78 is 44.3. The maximum absolute atomic E-state index is 13.3. The van der Waals surface area contributed by atoms with Gasteiger partial charge in [-0.2, -0.15) is 0 Å². The van der Waals surface area contributed by atoms with Crippen LogP contribution in [0.1, 0.15) is 11.1 Å². The molecule has 0 N–H and O–H groups in total. The van der Waals surface area contributed by atoms with Crippen molar-refractivity contribution in [3.8, 4) is 22.6 Å². The molecule has 0 fully saturated rings. The highest BCUT2D eigenvalue weighted by molar-refractivity contribution is 5.97. The van der Waals surface area contributed by atoms with Crippen molar-refractivity contribution in [2.24, 2.45) is 0 Å². The Morgan fingerprint density at radius 2 is 1.29 bits per heavy atom. The van der Waals surface area contributed by atoms with Gasteiger partial charge >= 0.3 is 5.63 Å². The van der Waals surface area contributed by atoms with Gasteiger partial charge in [0.25, 0.3) is 0 Å². The zero-order valence-electron chi connectivity index (χ0n) is 18.5. The predicted molar refractivity (Wildman–Crippen MR) is 129 cm³/mol. The fraction of sp³-hybridized carbons (Fsp3) is 0.0690. The first-order valence-corrected chi connectivity index (χ1v) is 11.0. The first-order chi connectivity index (χ1) is 17.1. The van der Waals surface area contributed by atoms with Crippen molar-refractivity contribution in [3.63, 3.8) is 0 Å². The number of hydrogen-bond acceptors (Lipinski definition) is 4. The van der Waals surface area contributed by atoms with Crippen molar-refractivity contribution in [1.29, 1.82) is 0 Å². The highest BCUT2D eigenvalue weighted by Gasteiger charge is 2.18. The molecule has 0 aliphatic heterocycles. The van der Waals surface area contributed by atoms with Crippen LogP contribution in [0.4, 0.5) is 8.78 Å². The van der Waals surface area contributed by atoms with E-state index >= 15 is 0 Å². The van der Waals surface area contributed by atoms with Crippen LogP contribution >= 0.6 is 0 Å². The van der Waals surface area contributed by atoms with Crippen molar-refractivity contribution in [3.05, 3.63) is 130 Å². The Labute approximate surface area is 200 Å². The molecule has 1 aromatic heterocycles. The lowest BCUT2D eigenvalue weighted by molar-refractivity contribution is 0.255. The van der Waals surface area contributed by atoms with Gasteiger partial charge in [0, 0.05) is 11.5 Å².